The van der Waals surface area contributed by atoms with Gasteiger partial charge in [0.05, 0.1) is 16.3 Å². The molecule has 4 rings (SSSR count). The number of likely N-dealkylation sites (tertiary alicyclic amines) is 1. The minimum Gasteiger partial charge on any atom is -0.368 e. The molecule has 2 atom stereocenters. The van der Waals surface area contributed by atoms with Gasteiger partial charge in [-0.1, -0.05) is 12.1 Å². The van der Waals surface area contributed by atoms with Gasteiger partial charge in [-0.2, -0.15) is 0 Å². The Morgan fingerprint density at radius 2 is 2.14 bits per heavy atom. The van der Waals surface area contributed by atoms with Gasteiger partial charge in [0.25, 0.3) is 5.91 Å². The van der Waals surface area contributed by atoms with Crippen molar-refractivity contribution in [1.29, 1.82) is 0 Å². The van der Waals surface area contributed by atoms with Crippen LogP contribution in [0.15, 0.2) is 24.3 Å². The van der Waals surface area contributed by atoms with E-state index >= 15 is 0 Å². The maximum Gasteiger partial charge on any atom is 0.252 e. The summed E-state index contributed by atoms with van der Waals surface area (Å²) in [5, 5.41) is 1.08. The number of carbonyl (C=O) groups is 1. The van der Waals surface area contributed by atoms with E-state index in [2.05, 4.69) is 6.07 Å². The third kappa shape index (κ3) is 2.52. The largest absolute Gasteiger partial charge is 0.368 e. The summed E-state index contributed by atoms with van der Waals surface area (Å²) < 4.78 is 6.80. The molecule has 0 saturated carbocycles. The Hall–Kier alpha value is -1.46. The van der Waals surface area contributed by atoms with Crippen LogP contribution in [0, 0.1) is 0 Å². The maximum absolute atomic E-state index is 12.8. The van der Waals surface area contributed by atoms with Crippen LogP contribution in [-0.4, -0.2) is 35.0 Å². The van der Waals surface area contributed by atoms with Crippen molar-refractivity contribution < 1.29 is 9.53 Å². The van der Waals surface area contributed by atoms with Gasteiger partial charge in [-0.25, -0.2) is 4.98 Å². The molecule has 1 amide bonds. The number of aromatic nitrogens is 1. The summed E-state index contributed by atoms with van der Waals surface area (Å²) in [5.41, 5.74) is 1.04. The minimum absolute atomic E-state index is 0.128. The van der Waals surface area contributed by atoms with Gasteiger partial charge in [0.1, 0.15) is 11.1 Å². The highest BCUT2D eigenvalue weighted by molar-refractivity contribution is 7.18. The lowest BCUT2D eigenvalue weighted by atomic mass is 10.0. The Balaban J connectivity index is 1.63. The van der Waals surface area contributed by atoms with E-state index in [9.17, 15) is 4.79 Å². The third-order valence-electron chi connectivity index (χ3n) is 4.59. The number of fused-ring (bicyclic) bond motifs is 1. The molecule has 22 heavy (non-hydrogen) atoms. The van der Waals surface area contributed by atoms with Gasteiger partial charge in [-0.15, -0.1) is 11.3 Å². The standard InChI is InChI=1S/C17H20N2O2S/c20-17(14-8-5-11-21-14)19-10-4-3-7-13(19)16-18-12-6-1-2-9-15(12)22-16/h1-2,6,9,13-14H,3-5,7-8,10-11H2/t13-,14-/m0/s1. The molecule has 4 nitrogen and oxygen atoms in total. The second kappa shape index (κ2) is 5.97. The van der Waals surface area contributed by atoms with Gasteiger partial charge in [0.2, 0.25) is 0 Å². The molecule has 3 heterocycles. The molecule has 2 aromatic rings. The number of thiazole rings is 1. The second-order valence-corrected chi connectivity index (χ2v) is 7.13. The van der Waals surface area contributed by atoms with Gasteiger partial charge < -0.3 is 9.64 Å². The molecule has 1 aromatic heterocycles. The normalized spacial score (nSPS) is 25.7. The van der Waals surface area contributed by atoms with E-state index in [4.69, 9.17) is 9.72 Å². The van der Waals surface area contributed by atoms with Gasteiger partial charge >= 0.3 is 0 Å². The lowest BCUT2D eigenvalue weighted by Gasteiger charge is -2.35. The fourth-order valence-corrected chi connectivity index (χ4v) is 4.56. The predicted molar refractivity (Wildman–Crippen MR) is 86.9 cm³/mol. The fourth-order valence-electron chi connectivity index (χ4n) is 3.44. The number of amides is 1. The Morgan fingerprint density at radius 3 is 2.95 bits per heavy atom. The summed E-state index contributed by atoms with van der Waals surface area (Å²) in [6.07, 6.45) is 4.89. The number of ether oxygens (including phenoxy) is 1. The fraction of sp³-hybridized carbons (Fsp3) is 0.529. The van der Waals surface area contributed by atoms with Crippen molar-refractivity contribution in [2.24, 2.45) is 0 Å². The van der Waals surface area contributed by atoms with Crippen LogP contribution < -0.4 is 0 Å². The highest BCUT2D eigenvalue weighted by atomic mass is 32.1. The van der Waals surface area contributed by atoms with E-state index in [0.717, 1.165) is 55.8 Å². The minimum atomic E-state index is -0.227. The van der Waals surface area contributed by atoms with Gasteiger partial charge in [0, 0.05) is 13.2 Å². The monoisotopic (exact) mass is 316 g/mol. The van der Waals surface area contributed by atoms with Crippen molar-refractivity contribution >= 4 is 27.5 Å². The molecule has 2 saturated heterocycles. The Labute approximate surface area is 134 Å². The molecule has 2 aliphatic heterocycles. The first-order valence-electron chi connectivity index (χ1n) is 8.10. The molecule has 0 unspecified atom stereocenters. The highest BCUT2D eigenvalue weighted by Crippen LogP contribution is 2.36. The molecular formula is C17H20N2O2S. The van der Waals surface area contributed by atoms with E-state index in [1.54, 1.807) is 11.3 Å². The van der Waals surface area contributed by atoms with Crippen molar-refractivity contribution in [1.82, 2.24) is 9.88 Å². The number of nitrogens with zero attached hydrogens (tertiary/aromatic N) is 2. The Morgan fingerprint density at radius 1 is 1.23 bits per heavy atom. The van der Waals surface area contributed by atoms with Crippen LogP contribution in [0.25, 0.3) is 10.2 Å². The molecule has 0 aliphatic carbocycles. The summed E-state index contributed by atoms with van der Waals surface area (Å²) >= 11 is 1.72. The summed E-state index contributed by atoms with van der Waals surface area (Å²) in [7, 11) is 0. The topological polar surface area (TPSA) is 42.4 Å². The van der Waals surface area contributed by atoms with Crippen LogP contribution in [0.1, 0.15) is 43.2 Å². The average Bonchev–Trinajstić information content (AvgIpc) is 3.23. The molecule has 5 heteroatoms. The van der Waals surface area contributed by atoms with E-state index in [1.807, 2.05) is 23.1 Å². The first-order valence-corrected chi connectivity index (χ1v) is 8.92. The molecule has 0 N–H and O–H groups in total. The van der Waals surface area contributed by atoms with Crippen LogP contribution >= 0.6 is 11.3 Å². The number of hydrogen-bond acceptors (Lipinski definition) is 4. The van der Waals surface area contributed by atoms with E-state index in [1.165, 1.54) is 4.70 Å². The van der Waals surface area contributed by atoms with Gasteiger partial charge in [0.15, 0.2) is 0 Å². The molecule has 2 fully saturated rings. The predicted octanol–water partition coefficient (Wildman–Crippen LogP) is 3.53. The van der Waals surface area contributed by atoms with Gasteiger partial charge in [-0.3, -0.25) is 4.79 Å². The van der Waals surface area contributed by atoms with E-state index < -0.39 is 0 Å². The zero-order chi connectivity index (χ0) is 14.9. The molecular weight excluding hydrogens is 296 g/mol. The number of rotatable bonds is 2. The highest BCUT2D eigenvalue weighted by Gasteiger charge is 2.35. The lowest BCUT2D eigenvalue weighted by molar-refractivity contribution is -0.145. The van der Waals surface area contributed by atoms with Crippen LogP contribution in [0.4, 0.5) is 0 Å². The van der Waals surface area contributed by atoms with Crippen LogP contribution in [0.3, 0.4) is 0 Å². The molecule has 116 valence electrons. The molecule has 0 bridgehead atoms. The maximum atomic E-state index is 12.8. The second-order valence-electron chi connectivity index (χ2n) is 6.06. The zero-order valence-electron chi connectivity index (χ0n) is 12.5. The van der Waals surface area contributed by atoms with Crippen molar-refractivity contribution in [3.05, 3.63) is 29.3 Å². The number of hydrogen-bond donors (Lipinski definition) is 0. The first kappa shape index (κ1) is 14.2. The molecule has 2 aliphatic rings. The molecule has 1 aromatic carbocycles. The zero-order valence-corrected chi connectivity index (χ0v) is 13.3. The summed E-state index contributed by atoms with van der Waals surface area (Å²) in [5.74, 6) is 0.168. The number of benzene rings is 1. The van der Waals surface area contributed by atoms with Gasteiger partial charge in [-0.05, 0) is 44.2 Å². The lowest BCUT2D eigenvalue weighted by Crippen LogP contribution is -2.43. The summed E-state index contributed by atoms with van der Waals surface area (Å²) in [6, 6.07) is 8.33. The van der Waals surface area contributed by atoms with Crippen molar-refractivity contribution in [3.63, 3.8) is 0 Å². The average molecular weight is 316 g/mol. The summed E-state index contributed by atoms with van der Waals surface area (Å²) in [4.78, 5) is 19.6. The number of piperidine rings is 1. The van der Waals surface area contributed by atoms with Crippen molar-refractivity contribution in [2.45, 2.75) is 44.2 Å². The van der Waals surface area contributed by atoms with E-state index in [0.29, 0.717) is 0 Å². The van der Waals surface area contributed by atoms with Crippen molar-refractivity contribution in [2.75, 3.05) is 13.2 Å². The quantitative estimate of drug-likeness (QED) is 0.851. The molecule has 0 spiro atoms. The smallest absolute Gasteiger partial charge is 0.252 e. The first-order chi connectivity index (χ1) is 10.8. The Kier molecular flexibility index (Phi) is 3.84. The van der Waals surface area contributed by atoms with Crippen LogP contribution in [0.5, 0.6) is 0 Å². The third-order valence-corrected chi connectivity index (χ3v) is 5.72. The van der Waals surface area contributed by atoms with Crippen LogP contribution in [-0.2, 0) is 9.53 Å². The summed E-state index contributed by atoms with van der Waals surface area (Å²) in [6.45, 7) is 1.55. The van der Waals surface area contributed by atoms with E-state index in [-0.39, 0.29) is 18.1 Å². The van der Waals surface area contributed by atoms with Crippen molar-refractivity contribution in [3.8, 4) is 0 Å². The Bertz CT molecular complexity index is 645. The number of para-hydroxylation sites is 1. The van der Waals surface area contributed by atoms with Crippen LogP contribution in [0.2, 0.25) is 0 Å². The SMILES string of the molecule is O=C([C@@H]1CCCO1)N1CCCC[C@H]1c1nc2ccccc2s1. The molecule has 0 radical (unpaired) electrons. The number of carbonyl (C=O) groups excluding carboxylic acids is 1.